The van der Waals surface area contributed by atoms with E-state index in [-0.39, 0.29) is 0 Å². The van der Waals surface area contributed by atoms with Crippen molar-refractivity contribution in [2.24, 2.45) is 0 Å². The second-order valence-electron chi connectivity index (χ2n) is 6.11. The molecule has 0 fully saturated rings. The number of hydrogen-bond donors (Lipinski definition) is 0. The Kier molecular flexibility index (Phi) is 10.7. The van der Waals surface area contributed by atoms with E-state index in [2.05, 4.69) is 39.0 Å². The van der Waals surface area contributed by atoms with E-state index in [0.717, 1.165) is 0 Å². The fraction of sp³-hybridized carbons (Fsp3) is 0.800. The summed E-state index contributed by atoms with van der Waals surface area (Å²) in [5, 5.41) is 0. The van der Waals surface area contributed by atoms with Gasteiger partial charge in [0.15, 0.2) is 0 Å². The molecule has 1 aliphatic rings. The number of hydrogen-bond acceptors (Lipinski definition) is 0. The number of allylic oxidation sites excluding steroid dienone is 4. The molecule has 0 aliphatic heterocycles. The fourth-order valence-electron chi connectivity index (χ4n) is 2.83. The summed E-state index contributed by atoms with van der Waals surface area (Å²) in [5.74, 6) is 0. The van der Waals surface area contributed by atoms with Crippen molar-refractivity contribution in [3.63, 3.8) is 0 Å². The molecule has 0 spiro atoms. The fourth-order valence-corrected chi connectivity index (χ4v) is 15.3. The summed E-state index contributed by atoms with van der Waals surface area (Å²) in [6.07, 6.45) is 21.6. The van der Waals surface area contributed by atoms with Crippen LogP contribution in [0.25, 0.3) is 0 Å². The third kappa shape index (κ3) is 6.85. The van der Waals surface area contributed by atoms with Crippen LogP contribution in [-0.2, 0) is 16.1 Å². The molecule has 0 nitrogen and oxygen atoms in total. The Morgan fingerprint density at radius 3 is 1.57 bits per heavy atom. The van der Waals surface area contributed by atoms with Crippen LogP contribution in [0, 0.1) is 0 Å². The van der Waals surface area contributed by atoms with Crippen molar-refractivity contribution in [2.45, 2.75) is 99.4 Å². The summed E-state index contributed by atoms with van der Waals surface area (Å²) < 4.78 is 1.94. The Morgan fingerprint density at radius 1 is 0.762 bits per heavy atom. The summed E-state index contributed by atoms with van der Waals surface area (Å²) in [6.45, 7) is 7.04. The van der Waals surface area contributed by atoms with Crippen molar-refractivity contribution in [2.75, 3.05) is 0 Å². The van der Waals surface area contributed by atoms with E-state index in [1.807, 2.05) is 3.96 Å². The minimum absolute atomic E-state index is 1.31. The van der Waals surface area contributed by atoms with Gasteiger partial charge in [-0.3, -0.25) is 0 Å². The van der Waals surface area contributed by atoms with Crippen LogP contribution in [0.2, 0.25) is 14.4 Å². The van der Waals surface area contributed by atoms with Crippen LogP contribution >= 0.6 is 0 Å². The van der Waals surface area contributed by atoms with Crippen molar-refractivity contribution in [3.8, 4) is 0 Å². The van der Waals surface area contributed by atoms with E-state index < -0.39 is 16.1 Å². The summed E-state index contributed by atoms with van der Waals surface area (Å²) in [7, 11) is 0. The van der Waals surface area contributed by atoms with Gasteiger partial charge in [-0.05, 0) is 0 Å². The molecule has 0 amide bonds. The Labute approximate surface area is 137 Å². The standard InChI is InChI=1S/C5H5.3C5H11.Pt/c1-2-4-5-3-1;3*1-3-5-4-2;/h1-3H,4H2;3*1,3-5H2,2H3;. The second-order valence-corrected chi connectivity index (χ2v) is 16.8. The maximum atomic E-state index is 2.53. The molecule has 1 heteroatoms. The van der Waals surface area contributed by atoms with Gasteiger partial charge in [0, 0.05) is 0 Å². The van der Waals surface area contributed by atoms with E-state index in [0.29, 0.717) is 0 Å². The first-order valence-corrected chi connectivity index (χ1v) is 15.1. The van der Waals surface area contributed by atoms with Crippen LogP contribution in [0.5, 0.6) is 0 Å². The molecule has 0 saturated heterocycles. The molecule has 0 bridgehead atoms. The number of rotatable bonds is 13. The van der Waals surface area contributed by atoms with Gasteiger partial charge in [0.05, 0.1) is 0 Å². The van der Waals surface area contributed by atoms with E-state index in [1.54, 1.807) is 14.4 Å². The van der Waals surface area contributed by atoms with E-state index in [9.17, 15) is 0 Å². The Balaban J connectivity index is 2.72. The predicted molar refractivity (Wildman–Crippen MR) is 94.8 cm³/mol. The van der Waals surface area contributed by atoms with Crippen LogP contribution in [0.1, 0.15) is 85.0 Å². The van der Waals surface area contributed by atoms with Gasteiger partial charge in [0.1, 0.15) is 0 Å². The van der Waals surface area contributed by atoms with Gasteiger partial charge >= 0.3 is 138 Å². The first-order chi connectivity index (χ1) is 10.3. The third-order valence-electron chi connectivity index (χ3n) is 4.19. The van der Waals surface area contributed by atoms with Crippen LogP contribution < -0.4 is 0 Å². The van der Waals surface area contributed by atoms with Gasteiger partial charge in [-0.2, -0.15) is 0 Å². The third-order valence-corrected chi connectivity index (χ3v) is 17.1. The minimum atomic E-state index is -1.69. The van der Waals surface area contributed by atoms with Crippen LogP contribution in [0.3, 0.4) is 0 Å². The molecule has 0 radical (unpaired) electrons. The molecule has 1 aliphatic carbocycles. The summed E-state index contributed by atoms with van der Waals surface area (Å²) in [4.78, 5) is 4.84. The first kappa shape index (κ1) is 19.2. The average Bonchev–Trinajstić information content (AvgIpc) is 3.02. The molecule has 0 aromatic carbocycles. The molecular formula is C20H38Pt. The van der Waals surface area contributed by atoms with Gasteiger partial charge in [-0.25, -0.2) is 0 Å². The SMILES string of the molecule is CCCC[CH2][Pt]([CH2]CCCC)([CH2]CCCC)[C]1=CC=CC1. The van der Waals surface area contributed by atoms with Crippen molar-refractivity contribution >= 4 is 0 Å². The molecule has 0 N–H and O–H groups in total. The molecule has 0 aromatic heterocycles. The molecule has 0 unspecified atom stereocenters. The van der Waals surface area contributed by atoms with Crippen LogP contribution in [0.4, 0.5) is 0 Å². The normalized spacial score (nSPS) is 15.5. The second kappa shape index (κ2) is 11.7. The summed E-state index contributed by atoms with van der Waals surface area (Å²) in [5.41, 5.74) is 0. The summed E-state index contributed by atoms with van der Waals surface area (Å²) in [6, 6.07) is 0. The Hall–Kier alpha value is 0.168. The molecule has 21 heavy (non-hydrogen) atoms. The van der Waals surface area contributed by atoms with E-state index >= 15 is 0 Å². The monoisotopic (exact) mass is 473 g/mol. The van der Waals surface area contributed by atoms with Crippen molar-refractivity contribution in [3.05, 3.63) is 22.2 Å². The maximum absolute atomic E-state index is 2.53. The Morgan fingerprint density at radius 2 is 1.24 bits per heavy atom. The van der Waals surface area contributed by atoms with E-state index in [4.69, 9.17) is 0 Å². The topological polar surface area (TPSA) is 0 Å². The molecule has 128 valence electrons. The van der Waals surface area contributed by atoms with Gasteiger partial charge in [0.2, 0.25) is 0 Å². The summed E-state index contributed by atoms with van der Waals surface area (Å²) >= 11 is -1.69. The van der Waals surface area contributed by atoms with Crippen molar-refractivity contribution in [1.29, 1.82) is 0 Å². The molecule has 0 heterocycles. The van der Waals surface area contributed by atoms with Gasteiger partial charge in [-0.1, -0.05) is 0 Å². The van der Waals surface area contributed by atoms with Crippen molar-refractivity contribution in [1.82, 2.24) is 0 Å². The van der Waals surface area contributed by atoms with Gasteiger partial charge in [0.25, 0.3) is 0 Å². The molecule has 0 aromatic rings. The Bertz CT molecular complexity index is 287. The predicted octanol–water partition coefficient (Wildman–Crippen LogP) is 7.81. The zero-order chi connectivity index (χ0) is 15.4. The molecule has 0 atom stereocenters. The van der Waals surface area contributed by atoms with Gasteiger partial charge < -0.3 is 0 Å². The number of unbranched alkanes of at least 4 members (excludes halogenated alkanes) is 6. The quantitative estimate of drug-likeness (QED) is 0.239. The average molecular weight is 474 g/mol. The molecule has 1 rings (SSSR count). The zero-order valence-corrected chi connectivity index (χ0v) is 17.0. The molecular weight excluding hydrogens is 435 g/mol. The van der Waals surface area contributed by atoms with Crippen LogP contribution in [0.15, 0.2) is 22.2 Å². The molecule has 0 saturated carbocycles. The van der Waals surface area contributed by atoms with E-state index in [1.165, 1.54) is 64.2 Å². The van der Waals surface area contributed by atoms with Crippen LogP contribution in [-0.4, -0.2) is 0 Å². The first-order valence-electron chi connectivity index (χ1n) is 9.17. The van der Waals surface area contributed by atoms with Gasteiger partial charge in [-0.15, -0.1) is 0 Å². The zero-order valence-electron chi connectivity index (χ0n) is 14.7. The van der Waals surface area contributed by atoms with Crippen molar-refractivity contribution < 1.29 is 16.1 Å².